The third-order valence-electron chi connectivity index (χ3n) is 1.60. The maximum atomic E-state index is 10.5. The van der Waals surface area contributed by atoms with Crippen molar-refractivity contribution in [2.24, 2.45) is 5.10 Å². The van der Waals surface area contributed by atoms with E-state index in [0.717, 1.165) is 5.56 Å². The van der Waals surface area contributed by atoms with E-state index >= 15 is 0 Å². The van der Waals surface area contributed by atoms with E-state index in [4.69, 9.17) is 5.11 Å². The topological polar surface area (TPSA) is 52.9 Å². The highest BCUT2D eigenvalue weighted by Crippen LogP contribution is 2.02. The summed E-state index contributed by atoms with van der Waals surface area (Å²) >= 11 is 0. The van der Waals surface area contributed by atoms with Crippen LogP contribution in [0.15, 0.2) is 29.4 Å². The minimum absolute atomic E-state index is 0.284. The molecule has 0 aliphatic heterocycles. The first kappa shape index (κ1) is 10.2. The van der Waals surface area contributed by atoms with E-state index in [1.807, 2.05) is 14.1 Å². The lowest BCUT2D eigenvalue weighted by Crippen LogP contribution is -2.02. The van der Waals surface area contributed by atoms with Crippen LogP contribution in [-0.2, 0) is 0 Å². The zero-order valence-electron chi connectivity index (χ0n) is 8.14. The summed E-state index contributed by atoms with van der Waals surface area (Å²) in [4.78, 5) is 10.5. The number of hydrazone groups is 1. The Labute approximate surface area is 82.5 Å². The molecular formula is C10H12N2O2. The summed E-state index contributed by atoms with van der Waals surface area (Å²) in [5.41, 5.74) is 1.16. The zero-order valence-corrected chi connectivity index (χ0v) is 8.14. The lowest BCUT2D eigenvalue weighted by molar-refractivity contribution is 0.0697. The van der Waals surface area contributed by atoms with Crippen molar-refractivity contribution in [3.05, 3.63) is 35.4 Å². The third-order valence-corrected chi connectivity index (χ3v) is 1.60. The highest BCUT2D eigenvalue weighted by molar-refractivity contribution is 5.89. The molecule has 0 saturated heterocycles. The van der Waals surface area contributed by atoms with E-state index in [9.17, 15) is 4.79 Å². The van der Waals surface area contributed by atoms with Gasteiger partial charge in [-0.25, -0.2) is 4.79 Å². The number of aromatic carboxylic acids is 1. The Hall–Kier alpha value is -1.84. The zero-order chi connectivity index (χ0) is 10.6. The monoisotopic (exact) mass is 192 g/mol. The lowest BCUT2D eigenvalue weighted by Gasteiger charge is -2.02. The van der Waals surface area contributed by atoms with Gasteiger partial charge in [0.2, 0.25) is 0 Å². The van der Waals surface area contributed by atoms with Crippen LogP contribution in [0.2, 0.25) is 0 Å². The summed E-state index contributed by atoms with van der Waals surface area (Å²) in [6.07, 6.45) is 1.67. The first-order valence-corrected chi connectivity index (χ1v) is 4.14. The van der Waals surface area contributed by atoms with Gasteiger partial charge in [-0.05, 0) is 17.7 Å². The van der Waals surface area contributed by atoms with Crippen LogP contribution in [0.3, 0.4) is 0 Å². The second-order valence-corrected chi connectivity index (χ2v) is 3.02. The molecule has 0 atom stereocenters. The lowest BCUT2D eigenvalue weighted by atomic mass is 10.1. The Morgan fingerprint density at radius 2 is 1.93 bits per heavy atom. The average Bonchev–Trinajstić information content (AvgIpc) is 2.15. The van der Waals surface area contributed by atoms with Gasteiger partial charge in [0.15, 0.2) is 0 Å². The summed E-state index contributed by atoms with van der Waals surface area (Å²) in [6.45, 7) is 0. The minimum Gasteiger partial charge on any atom is -0.478 e. The molecule has 0 bridgehead atoms. The molecule has 14 heavy (non-hydrogen) atoms. The van der Waals surface area contributed by atoms with E-state index < -0.39 is 5.97 Å². The van der Waals surface area contributed by atoms with Gasteiger partial charge in [-0.2, -0.15) is 5.10 Å². The summed E-state index contributed by atoms with van der Waals surface area (Å²) in [5, 5.41) is 14.4. The van der Waals surface area contributed by atoms with Gasteiger partial charge in [-0.1, -0.05) is 12.1 Å². The number of carboxylic acid groups (broad SMARTS) is 1. The molecule has 0 aromatic heterocycles. The van der Waals surface area contributed by atoms with Crippen LogP contribution in [0, 0.1) is 0 Å². The van der Waals surface area contributed by atoms with Gasteiger partial charge in [0.05, 0.1) is 11.8 Å². The van der Waals surface area contributed by atoms with E-state index in [1.54, 1.807) is 35.5 Å². The van der Waals surface area contributed by atoms with Gasteiger partial charge in [0, 0.05) is 14.1 Å². The number of hydrogen-bond acceptors (Lipinski definition) is 3. The minimum atomic E-state index is -0.916. The quantitative estimate of drug-likeness (QED) is 0.579. The number of carbonyl (C=O) groups is 1. The first-order valence-electron chi connectivity index (χ1n) is 4.14. The van der Waals surface area contributed by atoms with Gasteiger partial charge in [-0.3, -0.25) is 0 Å². The molecule has 4 nitrogen and oxygen atoms in total. The summed E-state index contributed by atoms with van der Waals surface area (Å²) in [7, 11) is 3.64. The van der Waals surface area contributed by atoms with Crippen LogP contribution in [0.25, 0.3) is 0 Å². The molecule has 0 aliphatic rings. The first-order chi connectivity index (χ1) is 6.59. The van der Waals surface area contributed by atoms with E-state index in [0.29, 0.717) is 0 Å². The summed E-state index contributed by atoms with van der Waals surface area (Å²) in [6, 6.07) is 6.55. The standard InChI is InChI=1S/C10H12N2O2/c1-12(2)11-7-8-3-5-9(6-4-8)10(13)14/h3-7H,1-2H3,(H,13,14). The normalized spacial score (nSPS) is 10.4. The molecule has 1 aromatic rings. The fraction of sp³-hybridized carbons (Fsp3) is 0.200. The Morgan fingerprint density at radius 1 is 1.36 bits per heavy atom. The molecular weight excluding hydrogens is 180 g/mol. The smallest absolute Gasteiger partial charge is 0.335 e. The van der Waals surface area contributed by atoms with E-state index in [1.165, 1.54) is 0 Å². The SMILES string of the molecule is CN(C)N=Cc1ccc(C(=O)O)cc1. The van der Waals surface area contributed by atoms with Gasteiger partial charge < -0.3 is 10.1 Å². The van der Waals surface area contributed by atoms with Crippen LogP contribution in [0.5, 0.6) is 0 Å². The van der Waals surface area contributed by atoms with Crippen molar-refractivity contribution in [3.8, 4) is 0 Å². The molecule has 1 N–H and O–H groups in total. The third kappa shape index (κ3) is 2.90. The van der Waals surface area contributed by atoms with Crippen molar-refractivity contribution in [1.82, 2.24) is 5.01 Å². The molecule has 0 heterocycles. The van der Waals surface area contributed by atoms with Crippen molar-refractivity contribution in [3.63, 3.8) is 0 Å². The predicted octanol–water partition coefficient (Wildman–Crippen LogP) is 1.28. The van der Waals surface area contributed by atoms with Crippen molar-refractivity contribution in [2.75, 3.05) is 14.1 Å². The van der Waals surface area contributed by atoms with Crippen molar-refractivity contribution < 1.29 is 9.90 Å². The van der Waals surface area contributed by atoms with Crippen molar-refractivity contribution in [1.29, 1.82) is 0 Å². The second kappa shape index (κ2) is 4.41. The molecule has 0 aliphatic carbocycles. The van der Waals surface area contributed by atoms with Gasteiger partial charge in [-0.15, -0.1) is 0 Å². The molecule has 4 heteroatoms. The molecule has 0 unspecified atom stereocenters. The van der Waals surface area contributed by atoms with Crippen molar-refractivity contribution >= 4 is 12.2 Å². The number of rotatable bonds is 3. The predicted molar refractivity (Wildman–Crippen MR) is 54.7 cm³/mol. The van der Waals surface area contributed by atoms with Crippen LogP contribution in [-0.4, -0.2) is 36.4 Å². The number of nitrogens with zero attached hydrogens (tertiary/aromatic N) is 2. The number of hydrogen-bond donors (Lipinski definition) is 1. The molecule has 0 fully saturated rings. The van der Waals surface area contributed by atoms with Crippen LogP contribution in [0.4, 0.5) is 0 Å². The highest BCUT2D eigenvalue weighted by Gasteiger charge is 1.99. The molecule has 0 spiro atoms. The molecule has 74 valence electrons. The largest absolute Gasteiger partial charge is 0.478 e. The molecule has 0 radical (unpaired) electrons. The Bertz CT molecular complexity index is 342. The average molecular weight is 192 g/mol. The highest BCUT2D eigenvalue weighted by atomic mass is 16.4. The fourth-order valence-electron chi connectivity index (χ4n) is 0.894. The molecule has 0 amide bonds. The number of benzene rings is 1. The maximum Gasteiger partial charge on any atom is 0.335 e. The fourth-order valence-corrected chi connectivity index (χ4v) is 0.894. The van der Waals surface area contributed by atoms with Crippen LogP contribution < -0.4 is 0 Å². The molecule has 1 rings (SSSR count). The Balaban J connectivity index is 2.78. The molecule has 1 aromatic carbocycles. The maximum absolute atomic E-state index is 10.5. The number of carboxylic acids is 1. The van der Waals surface area contributed by atoms with Crippen LogP contribution >= 0.6 is 0 Å². The van der Waals surface area contributed by atoms with Gasteiger partial charge in [0.25, 0.3) is 0 Å². The van der Waals surface area contributed by atoms with E-state index in [-0.39, 0.29) is 5.56 Å². The van der Waals surface area contributed by atoms with Gasteiger partial charge >= 0.3 is 5.97 Å². The van der Waals surface area contributed by atoms with E-state index in [2.05, 4.69) is 5.10 Å². The molecule has 0 saturated carbocycles. The summed E-state index contributed by atoms with van der Waals surface area (Å²) in [5.74, 6) is -0.916. The van der Waals surface area contributed by atoms with Crippen LogP contribution in [0.1, 0.15) is 15.9 Å². The van der Waals surface area contributed by atoms with Crippen molar-refractivity contribution in [2.45, 2.75) is 0 Å². The Morgan fingerprint density at radius 3 is 2.36 bits per heavy atom. The van der Waals surface area contributed by atoms with Gasteiger partial charge in [0.1, 0.15) is 0 Å². The second-order valence-electron chi connectivity index (χ2n) is 3.02. The summed E-state index contributed by atoms with van der Waals surface area (Å²) < 4.78 is 0. The Kier molecular flexibility index (Phi) is 3.23.